The van der Waals surface area contributed by atoms with Crippen molar-refractivity contribution < 1.29 is 13.5 Å². The summed E-state index contributed by atoms with van der Waals surface area (Å²) in [6.45, 7) is 3.97. The quantitative estimate of drug-likeness (QED) is 0.906. The zero-order valence-electron chi connectivity index (χ0n) is 11.7. The lowest BCUT2D eigenvalue weighted by atomic mass is 10.1. The van der Waals surface area contributed by atoms with E-state index < -0.39 is 21.3 Å². The standard InChI is InChI=1S/C13H20N2O3S2/c1-3-20(17,18)12-9-19-8-7-15(12)13-11(10(2)16)5-4-6-14-13/h4-6,10,12,16H,3,7-9H2,1-2H3/t10-,12?/m0/s1. The van der Waals surface area contributed by atoms with Crippen molar-refractivity contribution in [3.63, 3.8) is 0 Å². The molecule has 1 aromatic rings. The number of hydrogen-bond acceptors (Lipinski definition) is 6. The molecule has 2 atom stereocenters. The summed E-state index contributed by atoms with van der Waals surface area (Å²) in [7, 11) is -3.18. The van der Waals surface area contributed by atoms with Crippen LogP contribution in [0.15, 0.2) is 18.3 Å². The molecule has 2 heterocycles. The van der Waals surface area contributed by atoms with Gasteiger partial charge in [0.15, 0.2) is 9.84 Å². The summed E-state index contributed by atoms with van der Waals surface area (Å²) in [6.07, 6.45) is 0.969. The summed E-state index contributed by atoms with van der Waals surface area (Å²) < 4.78 is 24.5. The van der Waals surface area contributed by atoms with Gasteiger partial charge in [-0.1, -0.05) is 13.0 Å². The van der Waals surface area contributed by atoms with E-state index >= 15 is 0 Å². The zero-order valence-corrected chi connectivity index (χ0v) is 13.3. The minimum atomic E-state index is -3.18. The Labute approximate surface area is 124 Å². The van der Waals surface area contributed by atoms with Crippen molar-refractivity contribution in [2.24, 2.45) is 0 Å². The maximum absolute atomic E-state index is 12.3. The highest BCUT2D eigenvalue weighted by Crippen LogP contribution is 2.30. The SMILES string of the molecule is CCS(=O)(=O)C1CSCCN1c1ncccc1[C@H](C)O. The summed E-state index contributed by atoms with van der Waals surface area (Å²) in [5.74, 6) is 2.12. The molecule has 20 heavy (non-hydrogen) atoms. The number of pyridine rings is 1. The van der Waals surface area contributed by atoms with E-state index in [0.717, 1.165) is 5.75 Å². The van der Waals surface area contributed by atoms with Crippen molar-refractivity contribution in [2.75, 3.05) is 28.7 Å². The number of rotatable bonds is 4. The number of anilines is 1. The number of aliphatic hydroxyl groups is 1. The van der Waals surface area contributed by atoms with Crippen molar-refractivity contribution in [1.82, 2.24) is 4.98 Å². The van der Waals surface area contributed by atoms with Crippen molar-refractivity contribution in [2.45, 2.75) is 25.3 Å². The van der Waals surface area contributed by atoms with Gasteiger partial charge in [0.05, 0.1) is 6.10 Å². The molecule has 0 radical (unpaired) electrons. The number of aromatic nitrogens is 1. The van der Waals surface area contributed by atoms with Gasteiger partial charge in [-0.2, -0.15) is 11.8 Å². The highest BCUT2D eigenvalue weighted by Gasteiger charge is 2.34. The fraction of sp³-hybridized carbons (Fsp3) is 0.615. The van der Waals surface area contributed by atoms with E-state index in [2.05, 4.69) is 4.98 Å². The first-order chi connectivity index (χ1) is 9.47. The first kappa shape index (κ1) is 15.6. The van der Waals surface area contributed by atoms with E-state index in [1.807, 2.05) is 4.90 Å². The second-order valence-corrected chi connectivity index (χ2v) is 8.36. The second-order valence-electron chi connectivity index (χ2n) is 4.77. The largest absolute Gasteiger partial charge is 0.389 e. The van der Waals surface area contributed by atoms with Crippen LogP contribution in [0.1, 0.15) is 25.5 Å². The van der Waals surface area contributed by atoms with Gasteiger partial charge in [-0.05, 0) is 13.0 Å². The van der Waals surface area contributed by atoms with Gasteiger partial charge < -0.3 is 10.0 Å². The van der Waals surface area contributed by atoms with Crippen LogP contribution in [0.3, 0.4) is 0 Å². The molecule has 0 bridgehead atoms. The third kappa shape index (κ3) is 3.10. The molecule has 0 aromatic carbocycles. The molecule has 2 rings (SSSR count). The Kier molecular flexibility index (Phi) is 4.93. The van der Waals surface area contributed by atoms with Gasteiger partial charge in [0.1, 0.15) is 11.2 Å². The van der Waals surface area contributed by atoms with E-state index in [9.17, 15) is 13.5 Å². The van der Waals surface area contributed by atoms with Crippen LogP contribution >= 0.6 is 11.8 Å². The average molecular weight is 316 g/mol. The zero-order chi connectivity index (χ0) is 14.8. The Morgan fingerprint density at radius 1 is 1.60 bits per heavy atom. The van der Waals surface area contributed by atoms with Crippen LogP contribution in [0.5, 0.6) is 0 Å². The summed E-state index contributed by atoms with van der Waals surface area (Å²) in [4.78, 5) is 6.14. The molecule has 0 spiro atoms. The van der Waals surface area contributed by atoms with Crippen LogP contribution in [0.25, 0.3) is 0 Å². The predicted molar refractivity (Wildman–Crippen MR) is 82.8 cm³/mol. The normalized spacial score (nSPS) is 21.8. The maximum Gasteiger partial charge on any atom is 0.171 e. The smallest absolute Gasteiger partial charge is 0.171 e. The lowest BCUT2D eigenvalue weighted by molar-refractivity contribution is 0.199. The summed E-state index contributed by atoms with van der Waals surface area (Å²) in [6, 6.07) is 3.55. The Morgan fingerprint density at radius 3 is 3.00 bits per heavy atom. The topological polar surface area (TPSA) is 70.5 Å². The molecule has 1 N–H and O–H groups in total. The van der Waals surface area contributed by atoms with Gasteiger partial charge in [-0.3, -0.25) is 0 Å². The second kappa shape index (κ2) is 6.32. The molecule has 1 aliphatic heterocycles. The van der Waals surface area contributed by atoms with Gasteiger partial charge in [0, 0.05) is 35.6 Å². The van der Waals surface area contributed by atoms with E-state index in [1.54, 1.807) is 43.9 Å². The number of aliphatic hydroxyl groups excluding tert-OH is 1. The molecule has 5 nitrogen and oxygen atoms in total. The van der Waals surface area contributed by atoms with Gasteiger partial charge in [0.2, 0.25) is 0 Å². The third-order valence-corrected chi connectivity index (χ3v) is 6.73. The lowest BCUT2D eigenvalue weighted by Crippen LogP contribution is -2.48. The van der Waals surface area contributed by atoms with Crippen LogP contribution in [-0.4, -0.2) is 47.7 Å². The van der Waals surface area contributed by atoms with Crippen molar-refractivity contribution in [3.05, 3.63) is 23.9 Å². The highest BCUT2D eigenvalue weighted by molar-refractivity contribution is 8.01. The van der Waals surface area contributed by atoms with Crippen molar-refractivity contribution >= 4 is 27.4 Å². The Balaban J connectivity index is 2.43. The van der Waals surface area contributed by atoms with E-state index in [4.69, 9.17) is 0 Å². The first-order valence-corrected chi connectivity index (χ1v) is 9.53. The van der Waals surface area contributed by atoms with E-state index in [-0.39, 0.29) is 5.75 Å². The molecule has 0 saturated carbocycles. The molecule has 1 saturated heterocycles. The van der Waals surface area contributed by atoms with Crippen LogP contribution in [0.2, 0.25) is 0 Å². The Bertz CT molecular complexity index is 560. The van der Waals surface area contributed by atoms with Crippen LogP contribution in [-0.2, 0) is 9.84 Å². The van der Waals surface area contributed by atoms with Crippen LogP contribution < -0.4 is 4.90 Å². The molecule has 0 amide bonds. The summed E-state index contributed by atoms with van der Waals surface area (Å²) in [5, 5.41) is 9.30. The summed E-state index contributed by atoms with van der Waals surface area (Å²) >= 11 is 1.65. The number of hydrogen-bond donors (Lipinski definition) is 1. The molecule has 7 heteroatoms. The molecule has 1 aliphatic rings. The van der Waals surface area contributed by atoms with Crippen LogP contribution in [0.4, 0.5) is 5.82 Å². The Hall–Kier alpha value is -0.790. The molecular formula is C13H20N2O3S2. The van der Waals surface area contributed by atoms with E-state index in [0.29, 0.717) is 23.7 Å². The molecule has 1 aromatic heterocycles. The minimum Gasteiger partial charge on any atom is -0.389 e. The third-order valence-electron chi connectivity index (χ3n) is 3.44. The molecule has 1 fully saturated rings. The number of thioether (sulfide) groups is 1. The van der Waals surface area contributed by atoms with Gasteiger partial charge in [-0.15, -0.1) is 0 Å². The maximum atomic E-state index is 12.3. The van der Waals surface area contributed by atoms with E-state index in [1.165, 1.54) is 0 Å². The lowest BCUT2D eigenvalue weighted by Gasteiger charge is -2.36. The molecule has 112 valence electrons. The van der Waals surface area contributed by atoms with Gasteiger partial charge >= 0.3 is 0 Å². The number of sulfone groups is 1. The van der Waals surface area contributed by atoms with Crippen LogP contribution in [0, 0.1) is 0 Å². The fourth-order valence-electron chi connectivity index (χ4n) is 2.29. The van der Waals surface area contributed by atoms with Crippen molar-refractivity contribution in [1.29, 1.82) is 0 Å². The molecular weight excluding hydrogens is 296 g/mol. The highest BCUT2D eigenvalue weighted by atomic mass is 32.2. The number of nitrogens with zero attached hydrogens (tertiary/aromatic N) is 2. The minimum absolute atomic E-state index is 0.117. The fourth-order valence-corrected chi connectivity index (χ4v) is 5.26. The first-order valence-electron chi connectivity index (χ1n) is 6.66. The summed E-state index contributed by atoms with van der Waals surface area (Å²) in [5.41, 5.74) is 0.677. The average Bonchev–Trinajstić information content (AvgIpc) is 2.47. The predicted octanol–water partition coefficient (Wildman–Crippen LogP) is 1.45. The molecule has 1 unspecified atom stereocenters. The van der Waals surface area contributed by atoms with Gasteiger partial charge in [0.25, 0.3) is 0 Å². The monoisotopic (exact) mass is 316 g/mol. The Morgan fingerprint density at radius 2 is 2.35 bits per heavy atom. The van der Waals surface area contributed by atoms with Gasteiger partial charge in [-0.25, -0.2) is 13.4 Å². The molecule has 0 aliphatic carbocycles. The van der Waals surface area contributed by atoms with Crippen molar-refractivity contribution in [3.8, 4) is 0 Å².